The molecule has 4 rings (SSSR count). The smallest absolute Gasteiger partial charge is 0.289 e. The Morgan fingerprint density at radius 3 is 2.72 bits per heavy atom. The van der Waals surface area contributed by atoms with E-state index in [9.17, 15) is 14.4 Å². The van der Waals surface area contributed by atoms with E-state index in [0.717, 1.165) is 17.4 Å². The van der Waals surface area contributed by atoms with Crippen LogP contribution in [0.5, 0.6) is 0 Å². The van der Waals surface area contributed by atoms with Crippen molar-refractivity contribution in [2.24, 2.45) is 0 Å². The van der Waals surface area contributed by atoms with Crippen molar-refractivity contribution in [2.45, 2.75) is 12.5 Å². The van der Waals surface area contributed by atoms with E-state index in [-0.39, 0.29) is 34.5 Å². The van der Waals surface area contributed by atoms with Gasteiger partial charge in [0.1, 0.15) is 0 Å². The molecule has 0 aliphatic carbocycles. The predicted molar refractivity (Wildman–Crippen MR) is 90.4 cm³/mol. The van der Waals surface area contributed by atoms with Crippen LogP contribution in [-0.2, 0) is 4.79 Å². The first-order chi connectivity index (χ1) is 12.1. The van der Waals surface area contributed by atoms with Gasteiger partial charge in [-0.3, -0.25) is 19.3 Å². The number of thioether (sulfide) groups is 1. The number of hydrogen-bond acceptors (Lipinski definition) is 6. The first-order valence-electron chi connectivity index (χ1n) is 7.89. The number of carbonyl (C=O) groups is 3. The first-order valence-corrected chi connectivity index (χ1v) is 8.88. The van der Waals surface area contributed by atoms with E-state index in [0.29, 0.717) is 19.5 Å². The number of carbonyl (C=O) groups excluding carboxylic acids is 3. The Labute approximate surface area is 147 Å². The van der Waals surface area contributed by atoms with Crippen LogP contribution in [0.1, 0.15) is 16.9 Å². The van der Waals surface area contributed by atoms with E-state index in [1.165, 1.54) is 15.9 Å². The molecule has 2 aliphatic heterocycles. The number of likely N-dealkylation sites (tertiary alicyclic amines) is 1. The molecule has 1 aromatic heterocycles. The van der Waals surface area contributed by atoms with Crippen LogP contribution in [0, 0.1) is 0 Å². The molecule has 8 nitrogen and oxygen atoms in total. The highest BCUT2D eigenvalue weighted by Gasteiger charge is 2.40. The Hall–Kier alpha value is -2.68. The summed E-state index contributed by atoms with van der Waals surface area (Å²) in [5.41, 5.74) is 1.02. The average Bonchev–Trinajstić information content (AvgIpc) is 3.35. The summed E-state index contributed by atoms with van der Waals surface area (Å²) in [6.45, 7) is 0.832. The Morgan fingerprint density at radius 2 is 2.00 bits per heavy atom. The maximum Gasteiger partial charge on any atom is 0.289 e. The molecule has 0 saturated carbocycles. The number of benzene rings is 1. The Kier molecular flexibility index (Phi) is 4.00. The highest BCUT2D eigenvalue weighted by Crippen LogP contribution is 2.26. The van der Waals surface area contributed by atoms with Crippen LogP contribution in [0.3, 0.4) is 0 Å². The second kappa shape index (κ2) is 6.32. The summed E-state index contributed by atoms with van der Waals surface area (Å²) in [7, 11) is 0. The summed E-state index contributed by atoms with van der Waals surface area (Å²) in [4.78, 5) is 40.6. The van der Waals surface area contributed by atoms with Crippen molar-refractivity contribution in [3.05, 3.63) is 42.2 Å². The monoisotopic (exact) mass is 357 g/mol. The Balaban J connectivity index is 1.46. The second-order valence-electron chi connectivity index (χ2n) is 5.87. The largest absolute Gasteiger partial charge is 0.335 e. The number of aromatic nitrogens is 3. The van der Waals surface area contributed by atoms with Gasteiger partial charge in [-0.15, -0.1) is 5.10 Å². The fourth-order valence-electron chi connectivity index (χ4n) is 3.06. The van der Waals surface area contributed by atoms with Gasteiger partial charge in [0.05, 0.1) is 23.7 Å². The number of imide groups is 1. The number of hydrogen-bond donors (Lipinski definition) is 0. The maximum absolute atomic E-state index is 12.6. The van der Waals surface area contributed by atoms with Crippen molar-refractivity contribution in [2.75, 3.05) is 18.8 Å². The normalized spacial score (nSPS) is 20.6. The van der Waals surface area contributed by atoms with Gasteiger partial charge in [0.25, 0.3) is 11.1 Å². The summed E-state index contributed by atoms with van der Waals surface area (Å²) >= 11 is 1.02. The number of rotatable bonds is 3. The Morgan fingerprint density at radius 1 is 1.20 bits per heavy atom. The second-order valence-corrected chi connectivity index (χ2v) is 6.79. The van der Waals surface area contributed by atoms with Gasteiger partial charge < -0.3 is 4.90 Å². The first kappa shape index (κ1) is 15.8. The molecule has 3 heterocycles. The van der Waals surface area contributed by atoms with Gasteiger partial charge in [-0.25, -0.2) is 0 Å². The van der Waals surface area contributed by atoms with E-state index in [4.69, 9.17) is 0 Å². The topological polar surface area (TPSA) is 88.4 Å². The van der Waals surface area contributed by atoms with Gasteiger partial charge in [-0.1, -0.05) is 30.0 Å². The summed E-state index contributed by atoms with van der Waals surface area (Å²) < 4.78 is 0. The predicted octanol–water partition coefficient (Wildman–Crippen LogP) is 1.18. The highest BCUT2D eigenvalue weighted by molar-refractivity contribution is 8.14. The zero-order valence-corrected chi connectivity index (χ0v) is 14.1. The molecule has 1 unspecified atom stereocenters. The SMILES string of the molecule is O=C(c1cnn(-c2ccccc2)n1)N1CCC(N2C(=O)CSC2=O)C1. The molecule has 128 valence electrons. The molecule has 2 aromatic rings. The molecule has 1 atom stereocenters. The van der Waals surface area contributed by atoms with Crippen molar-refractivity contribution in [3.8, 4) is 5.69 Å². The molecule has 25 heavy (non-hydrogen) atoms. The minimum Gasteiger partial charge on any atom is -0.335 e. The fourth-order valence-corrected chi connectivity index (χ4v) is 3.84. The van der Waals surface area contributed by atoms with Gasteiger partial charge in [0.2, 0.25) is 5.91 Å². The van der Waals surface area contributed by atoms with E-state index in [2.05, 4.69) is 10.2 Å². The lowest BCUT2D eigenvalue weighted by atomic mass is 10.2. The zero-order chi connectivity index (χ0) is 17.4. The Bertz CT molecular complexity index is 821. The van der Waals surface area contributed by atoms with E-state index < -0.39 is 0 Å². The molecule has 3 amide bonds. The van der Waals surface area contributed by atoms with Crippen LogP contribution >= 0.6 is 11.8 Å². The third-order valence-electron chi connectivity index (χ3n) is 4.30. The molecule has 0 radical (unpaired) electrons. The standard InChI is InChI=1S/C16H15N5O3S/c22-14-10-25-16(24)20(14)12-6-7-19(9-12)15(23)13-8-17-21(18-13)11-4-2-1-3-5-11/h1-5,8,12H,6-7,9-10H2. The van der Waals surface area contributed by atoms with E-state index in [1.54, 1.807) is 4.90 Å². The molecule has 9 heteroatoms. The zero-order valence-electron chi connectivity index (χ0n) is 13.2. The molecule has 0 spiro atoms. The van der Waals surface area contributed by atoms with Crippen molar-refractivity contribution >= 4 is 28.8 Å². The lowest BCUT2D eigenvalue weighted by Crippen LogP contribution is -2.41. The van der Waals surface area contributed by atoms with Gasteiger partial charge in [-0.2, -0.15) is 9.90 Å². The summed E-state index contributed by atoms with van der Waals surface area (Å²) in [5.74, 6) is -0.227. The molecule has 0 N–H and O–H groups in total. The van der Waals surface area contributed by atoms with Crippen LogP contribution in [0.25, 0.3) is 5.69 Å². The fraction of sp³-hybridized carbons (Fsp3) is 0.312. The number of para-hydroxylation sites is 1. The minimum absolute atomic E-state index is 0.177. The van der Waals surface area contributed by atoms with Crippen LogP contribution in [0.4, 0.5) is 4.79 Å². The van der Waals surface area contributed by atoms with Gasteiger partial charge >= 0.3 is 0 Å². The van der Waals surface area contributed by atoms with Crippen molar-refractivity contribution in [3.63, 3.8) is 0 Å². The molecule has 2 fully saturated rings. The van der Waals surface area contributed by atoms with Crippen LogP contribution in [0.2, 0.25) is 0 Å². The molecule has 2 aliphatic rings. The average molecular weight is 357 g/mol. The number of amides is 3. The third kappa shape index (κ3) is 2.91. The van der Waals surface area contributed by atoms with Crippen molar-refractivity contribution in [1.29, 1.82) is 0 Å². The lowest BCUT2D eigenvalue weighted by Gasteiger charge is -2.21. The van der Waals surface area contributed by atoms with Gasteiger partial charge in [0.15, 0.2) is 5.69 Å². The lowest BCUT2D eigenvalue weighted by molar-refractivity contribution is -0.126. The van der Waals surface area contributed by atoms with Crippen molar-refractivity contribution in [1.82, 2.24) is 24.8 Å². The summed E-state index contributed by atoms with van der Waals surface area (Å²) in [6.07, 6.45) is 2.03. The van der Waals surface area contributed by atoms with E-state index >= 15 is 0 Å². The quantitative estimate of drug-likeness (QED) is 0.819. The summed E-state index contributed by atoms with van der Waals surface area (Å²) in [6, 6.07) is 9.08. The highest BCUT2D eigenvalue weighted by atomic mass is 32.2. The van der Waals surface area contributed by atoms with Crippen LogP contribution < -0.4 is 0 Å². The maximum atomic E-state index is 12.6. The van der Waals surface area contributed by atoms with Crippen molar-refractivity contribution < 1.29 is 14.4 Å². The van der Waals surface area contributed by atoms with Crippen LogP contribution in [0.15, 0.2) is 36.5 Å². The molecular weight excluding hydrogens is 342 g/mol. The van der Waals surface area contributed by atoms with E-state index in [1.807, 2.05) is 30.3 Å². The van der Waals surface area contributed by atoms with Gasteiger partial charge in [-0.05, 0) is 18.6 Å². The molecule has 0 bridgehead atoms. The minimum atomic E-state index is -0.247. The molecule has 2 saturated heterocycles. The molecule has 1 aromatic carbocycles. The number of nitrogens with zero attached hydrogens (tertiary/aromatic N) is 5. The summed E-state index contributed by atoms with van der Waals surface area (Å²) in [5, 5.41) is 8.15. The third-order valence-corrected chi connectivity index (χ3v) is 5.13. The van der Waals surface area contributed by atoms with Gasteiger partial charge in [0, 0.05) is 13.1 Å². The van der Waals surface area contributed by atoms with Crippen LogP contribution in [-0.4, -0.2) is 66.7 Å². The molecular formula is C16H15N5O3S.